The van der Waals surface area contributed by atoms with Gasteiger partial charge in [0.2, 0.25) is 0 Å². The summed E-state index contributed by atoms with van der Waals surface area (Å²) in [5, 5.41) is 8.93. The van der Waals surface area contributed by atoms with Gasteiger partial charge in [-0.1, -0.05) is 47.4 Å². The van der Waals surface area contributed by atoms with Gasteiger partial charge >= 0.3 is 0 Å². The van der Waals surface area contributed by atoms with Gasteiger partial charge < -0.3 is 10.6 Å². The minimum Gasteiger partial charge on any atom is -0.361 e. The maximum Gasteiger partial charge on any atom is 0.183 e. The Labute approximate surface area is 168 Å². The van der Waals surface area contributed by atoms with E-state index in [1.807, 2.05) is 0 Å². The van der Waals surface area contributed by atoms with Crippen LogP contribution in [0.5, 0.6) is 0 Å². The minimum absolute atomic E-state index is 0.133. The van der Waals surface area contributed by atoms with Crippen LogP contribution in [-0.4, -0.2) is 28.0 Å². The molecule has 1 fully saturated rings. The number of aliphatic imine (C=N–C) groups is 1. The zero-order valence-corrected chi connectivity index (χ0v) is 17.5. The molecular weight excluding hydrogens is 372 g/mol. The van der Waals surface area contributed by atoms with E-state index < -0.39 is 0 Å². The van der Waals surface area contributed by atoms with Gasteiger partial charge in [0.25, 0.3) is 0 Å². The van der Waals surface area contributed by atoms with Crippen molar-refractivity contribution in [3.8, 4) is 0 Å². The number of anilines is 1. The van der Waals surface area contributed by atoms with E-state index in [0.717, 1.165) is 40.2 Å². The summed E-state index contributed by atoms with van der Waals surface area (Å²) in [6.45, 7) is 7.38. The van der Waals surface area contributed by atoms with Crippen molar-refractivity contribution >= 4 is 49.3 Å². The number of benzene rings is 2. The lowest BCUT2D eigenvalue weighted by atomic mass is 10.1. The highest BCUT2D eigenvalue weighted by atomic mass is 32.2. The molecule has 1 saturated heterocycles. The second-order valence-corrected chi connectivity index (χ2v) is 9.49. The highest BCUT2D eigenvalue weighted by molar-refractivity contribution is 8.14. The van der Waals surface area contributed by atoms with Crippen molar-refractivity contribution in [2.24, 2.45) is 4.99 Å². The topological polar surface area (TPSA) is 49.3 Å². The van der Waals surface area contributed by atoms with E-state index >= 15 is 0 Å². The van der Waals surface area contributed by atoms with Crippen molar-refractivity contribution in [2.75, 3.05) is 17.6 Å². The van der Waals surface area contributed by atoms with Crippen molar-refractivity contribution in [3.05, 3.63) is 53.6 Å². The second kappa shape index (κ2) is 7.52. The Morgan fingerprint density at radius 2 is 2.00 bits per heavy atom. The molecule has 0 atom stereocenters. The van der Waals surface area contributed by atoms with Crippen molar-refractivity contribution in [1.29, 1.82) is 0 Å². The van der Waals surface area contributed by atoms with Gasteiger partial charge in [-0.3, -0.25) is 0 Å². The summed E-state index contributed by atoms with van der Waals surface area (Å²) >= 11 is 3.50. The Kier molecular flexibility index (Phi) is 5.10. The maximum absolute atomic E-state index is 4.71. The van der Waals surface area contributed by atoms with Crippen LogP contribution in [0.4, 0.5) is 10.8 Å². The molecule has 0 unspecified atom stereocenters. The molecule has 4 rings (SSSR count). The number of nitrogens with zero attached hydrogens (tertiary/aromatic N) is 2. The first-order valence-electron chi connectivity index (χ1n) is 9.17. The number of nitrogens with one attached hydrogen (secondary N) is 2. The van der Waals surface area contributed by atoms with Crippen LogP contribution in [0.15, 0.2) is 47.5 Å². The van der Waals surface area contributed by atoms with Crippen LogP contribution in [0, 0.1) is 6.92 Å². The molecule has 1 aliphatic rings. The lowest BCUT2D eigenvalue weighted by molar-refractivity contribution is 0.537. The van der Waals surface area contributed by atoms with Crippen molar-refractivity contribution in [3.63, 3.8) is 0 Å². The first kappa shape index (κ1) is 18.3. The van der Waals surface area contributed by atoms with Gasteiger partial charge in [-0.15, -0.1) is 0 Å². The molecule has 0 radical (unpaired) electrons. The van der Waals surface area contributed by atoms with E-state index in [4.69, 9.17) is 9.98 Å². The number of rotatable bonds is 5. The molecule has 0 spiro atoms. The van der Waals surface area contributed by atoms with Crippen LogP contribution in [0.1, 0.15) is 25.0 Å². The minimum atomic E-state index is 0.133. The molecule has 2 heterocycles. The number of thioether (sulfide) groups is 1. The van der Waals surface area contributed by atoms with Crippen LogP contribution >= 0.6 is 23.1 Å². The molecule has 6 heteroatoms. The molecule has 140 valence electrons. The molecule has 27 heavy (non-hydrogen) atoms. The molecule has 2 aromatic carbocycles. The zero-order chi connectivity index (χ0) is 18.9. The largest absolute Gasteiger partial charge is 0.361 e. The number of hydrogen-bond donors (Lipinski definition) is 2. The Morgan fingerprint density at radius 3 is 2.70 bits per heavy atom. The summed E-state index contributed by atoms with van der Waals surface area (Å²) in [6.07, 6.45) is 0.964. The molecular formula is C21H24N4S2. The number of amidine groups is 1. The summed E-state index contributed by atoms with van der Waals surface area (Å²) in [6, 6.07) is 14.8. The molecule has 0 bridgehead atoms. The molecule has 4 nitrogen and oxygen atoms in total. The maximum atomic E-state index is 4.71. The van der Waals surface area contributed by atoms with E-state index in [1.165, 1.54) is 15.8 Å². The first-order valence-corrected chi connectivity index (χ1v) is 11.0. The quantitative estimate of drug-likeness (QED) is 0.609. The average Bonchev–Trinajstić information content (AvgIpc) is 3.20. The number of para-hydroxylation sites is 1. The van der Waals surface area contributed by atoms with Crippen molar-refractivity contribution in [2.45, 2.75) is 32.7 Å². The van der Waals surface area contributed by atoms with Gasteiger partial charge in [-0.2, -0.15) is 0 Å². The van der Waals surface area contributed by atoms with Crippen LogP contribution in [0.2, 0.25) is 0 Å². The summed E-state index contributed by atoms with van der Waals surface area (Å²) in [4.78, 5) is 9.41. The molecule has 0 aliphatic carbocycles. The van der Waals surface area contributed by atoms with Gasteiger partial charge in [0.15, 0.2) is 10.3 Å². The fraction of sp³-hybridized carbons (Fsp3) is 0.333. The Morgan fingerprint density at radius 1 is 1.19 bits per heavy atom. The van der Waals surface area contributed by atoms with Crippen LogP contribution in [0.3, 0.4) is 0 Å². The predicted molar refractivity (Wildman–Crippen MR) is 120 cm³/mol. The third kappa shape index (κ3) is 4.45. The van der Waals surface area contributed by atoms with E-state index in [0.29, 0.717) is 0 Å². The third-order valence-electron chi connectivity index (χ3n) is 4.49. The van der Waals surface area contributed by atoms with Gasteiger partial charge in [-0.25, -0.2) is 9.98 Å². The molecule has 1 aliphatic heterocycles. The molecule has 0 amide bonds. The molecule has 2 N–H and O–H groups in total. The summed E-state index contributed by atoms with van der Waals surface area (Å²) in [7, 11) is 0. The van der Waals surface area contributed by atoms with Gasteiger partial charge in [0, 0.05) is 17.8 Å². The Balaban J connectivity index is 1.33. The van der Waals surface area contributed by atoms with Crippen LogP contribution in [0.25, 0.3) is 10.2 Å². The number of thiazole rings is 1. The van der Waals surface area contributed by atoms with Crippen molar-refractivity contribution < 1.29 is 0 Å². The lowest BCUT2D eigenvalue weighted by Gasteiger charge is -2.15. The number of fused-ring (bicyclic) bond motifs is 1. The van der Waals surface area contributed by atoms with Gasteiger partial charge in [0.05, 0.1) is 15.9 Å². The van der Waals surface area contributed by atoms with E-state index in [2.05, 4.69) is 73.9 Å². The van der Waals surface area contributed by atoms with Gasteiger partial charge in [-0.05, 0) is 56.5 Å². The molecule has 0 saturated carbocycles. The van der Waals surface area contributed by atoms with Crippen molar-refractivity contribution in [1.82, 2.24) is 10.3 Å². The molecule has 3 aromatic rings. The Bertz CT molecular complexity index is 974. The van der Waals surface area contributed by atoms with E-state index in [1.54, 1.807) is 23.1 Å². The number of aryl methyl sites for hydroxylation is 1. The highest BCUT2D eigenvalue weighted by Crippen LogP contribution is 2.28. The summed E-state index contributed by atoms with van der Waals surface area (Å²) < 4.78 is 1.24. The molecule has 1 aromatic heterocycles. The van der Waals surface area contributed by atoms with E-state index in [-0.39, 0.29) is 5.54 Å². The lowest BCUT2D eigenvalue weighted by Crippen LogP contribution is -2.36. The normalized spacial score (nSPS) is 17.4. The first-order chi connectivity index (χ1) is 13.0. The monoisotopic (exact) mass is 396 g/mol. The summed E-state index contributed by atoms with van der Waals surface area (Å²) in [5.41, 5.74) is 4.77. The fourth-order valence-electron chi connectivity index (χ4n) is 3.00. The van der Waals surface area contributed by atoms with Gasteiger partial charge in [0.1, 0.15) is 0 Å². The van der Waals surface area contributed by atoms with Crippen LogP contribution in [-0.2, 0) is 6.42 Å². The Hall–Kier alpha value is -2.05. The van der Waals surface area contributed by atoms with Crippen LogP contribution < -0.4 is 10.6 Å². The second-order valence-electron chi connectivity index (χ2n) is 7.50. The standard InChI is InChI=1S/C21H24N4S2/c1-14-5-4-6-17-18(14)24-19(27-17)22-12-11-15-7-9-16(10-8-15)23-20-25-21(2,3)13-26-20/h4-10H,11-13H2,1-3H3,(H,22,24)(H,23,25). The smallest absolute Gasteiger partial charge is 0.183 e. The number of hydrogen-bond acceptors (Lipinski definition) is 5. The predicted octanol–water partition coefficient (Wildman–Crippen LogP) is 5.36. The average molecular weight is 397 g/mol. The zero-order valence-electron chi connectivity index (χ0n) is 15.9. The van der Waals surface area contributed by atoms with E-state index in [9.17, 15) is 0 Å². The fourth-order valence-corrected chi connectivity index (χ4v) is 5.06. The summed E-state index contributed by atoms with van der Waals surface area (Å²) in [5.74, 6) is 1.06. The third-order valence-corrected chi connectivity index (χ3v) is 6.80. The number of aromatic nitrogens is 1. The SMILES string of the molecule is Cc1cccc2sc(NCCc3ccc(/N=C4/NC(C)(C)CS4)cc3)nc12. The highest BCUT2D eigenvalue weighted by Gasteiger charge is 2.27.